The molecule has 0 saturated heterocycles. The number of nitrogens with one attached hydrogen (secondary N) is 1. The second-order valence-electron chi connectivity index (χ2n) is 6.55. The minimum atomic E-state index is -0.346. The Labute approximate surface area is 104 Å². The molecule has 2 fully saturated rings. The number of carbonyl (C=O) groups excluding carboxylic acids is 1. The molecule has 4 atom stereocenters. The third kappa shape index (κ3) is 1.70. The largest absolute Gasteiger partial charge is 0.372 e. The summed E-state index contributed by atoms with van der Waals surface area (Å²) in [5, 5.41) is 3.19. The van der Waals surface area contributed by atoms with Gasteiger partial charge in [0.25, 0.3) is 0 Å². The average Bonchev–Trinajstić information content (AvgIpc) is 2.60. The molecule has 0 heterocycles. The lowest BCUT2D eigenvalue weighted by Crippen LogP contribution is -2.49. The first-order chi connectivity index (χ1) is 7.83. The maximum atomic E-state index is 11.9. The zero-order chi connectivity index (χ0) is 12.8. The first-order valence-electron chi connectivity index (χ1n) is 6.66. The average molecular weight is 239 g/mol. The van der Waals surface area contributed by atoms with Crippen molar-refractivity contribution in [3.63, 3.8) is 0 Å². The normalized spacial score (nSPS) is 40.3. The topological polar surface area (TPSA) is 38.3 Å². The van der Waals surface area contributed by atoms with Crippen molar-refractivity contribution >= 4 is 5.91 Å². The third-order valence-corrected chi connectivity index (χ3v) is 5.83. The Morgan fingerprint density at radius 2 is 2.06 bits per heavy atom. The van der Waals surface area contributed by atoms with E-state index in [4.69, 9.17) is 4.74 Å². The van der Waals surface area contributed by atoms with Gasteiger partial charge in [-0.05, 0) is 42.9 Å². The van der Waals surface area contributed by atoms with E-state index in [0.717, 1.165) is 12.3 Å². The highest BCUT2D eigenvalue weighted by Gasteiger charge is 2.61. The number of ether oxygens (including phenoxy) is 1. The molecule has 1 amide bonds. The van der Waals surface area contributed by atoms with E-state index >= 15 is 0 Å². The number of methoxy groups -OCH3 is 1. The van der Waals surface area contributed by atoms with Crippen LogP contribution in [0.1, 0.15) is 47.0 Å². The minimum Gasteiger partial charge on any atom is -0.372 e. The molecule has 2 aliphatic rings. The van der Waals surface area contributed by atoms with Crippen molar-refractivity contribution in [2.75, 3.05) is 7.11 Å². The van der Waals surface area contributed by atoms with Crippen LogP contribution in [0.5, 0.6) is 0 Å². The Hall–Kier alpha value is -0.570. The van der Waals surface area contributed by atoms with Crippen LogP contribution in [0, 0.1) is 16.7 Å². The summed E-state index contributed by atoms with van der Waals surface area (Å²) in [5.41, 5.74) is 0.599. The fraction of sp³-hybridized carbons (Fsp3) is 0.929. The first-order valence-corrected chi connectivity index (χ1v) is 6.66. The van der Waals surface area contributed by atoms with Gasteiger partial charge in [0, 0.05) is 13.2 Å². The summed E-state index contributed by atoms with van der Waals surface area (Å²) in [6.07, 6.45) is 3.33. The number of hydrogen-bond donors (Lipinski definition) is 1. The molecule has 0 spiro atoms. The molecule has 1 N–H and O–H groups in total. The maximum Gasteiger partial charge on any atom is 0.249 e. The van der Waals surface area contributed by atoms with Crippen LogP contribution in [-0.2, 0) is 9.53 Å². The van der Waals surface area contributed by atoms with Crippen molar-refractivity contribution < 1.29 is 9.53 Å². The molecule has 98 valence electrons. The lowest BCUT2D eigenvalue weighted by Gasteiger charge is -2.39. The summed E-state index contributed by atoms with van der Waals surface area (Å²) in [5.74, 6) is 0.790. The number of hydrogen-bond acceptors (Lipinski definition) is 2. The molecule has 17 heavy (non-hydrogen) atoms. The van der Waals surface area contributed by atoms with Crippen LogP contribution in [0.3, 0.4) is 0 Å². The highest BCUT2D eigenvalue weighted by molar-refractivity contribution is 5.80. The van der Waals surface area contributed by atoms with Gasteiger partial charge in [-0.15, -0.1) is 0 Å². The summed E-state index contributed by atoms with van der Waals surface area (Å²) >= 11 is 0. The van der Waals surface area contributed by atoms with Crippen molar-refractivity contribution in [3.8, 4) is 0 Å². The lowest BCUT2D eigenvalue weighted by atomic mass is 9.69. The van der Waals surface area contributed by atoms with E-state index in [9.17, 15) is 4.79 Å². The van der Waals surface area contributed by atoms with E-state index in [1.54, 1.807) is 14.0 Å². The Morgan fingerprint density at radius 3 is 2.47 bits per heavy atom. The van der Waals surface area contributed by atoms with E-state index in [1.165, 1.54) is 12.8 Å². The molecule has 0 unspecified atom stereocenters. The van der Waals surface area contributed by atoms with Gasteiger partial charge in [0.15, 0.2) is 0 Å². The molecule has 2 aliphatic carbocycles. The van der Waals surface area contributed by atoms with Gasteiger partial charge in [0.2, 0.25) is 5.91 Å². The summed E-state index contributed by atoms with van der Waals surface area (Å²) in [7, 11) is 1.58. The Kier molecular flexibility index (Phi) is 3.01. The summed E-state index contributed by atoms with van der Waals surface area (Å²) < 4.78 is 5.08. The van der Waals surface area contributed by atoms with E-state index in [2.05, 4.69) is 26.1 Å². The van der Waals surface area contributed by atoms with Crippen LogP contribution in [0.2, 0.25) is 0 Å². The van der Waals surface area contributed by atoms with Crippen LogP contribution < -0.4 is 5.32 Å². The smallest absolute Gasteiger partial charge is 0.249 e. The van der Waals surface area contributed by atoms with Gasteiger partial charge in [-0.1, -0.05) is 20.8 Å². The molecule has 3 nitrogen and oxygen atoms in total. The molecule has 2 bridgehead atoms. The van der Waals surface area contributed by atoms with Gasteiger partial charge in [-0.3, -0.25) is 4.79 Å². The summed E-state index contributed by atoms with van der Waals surface area (Å²) in [6, 6.07) is 0.321. The fourth-order valence-corrected chi connectivity index (χ4v) is 3.82. The molecule has 0 aromatic heterocycles. The first kappa shape index (κ1) is 12.9. The van der Waals surface area contributed by atoms with Gasteiger partial charge in [-0.25, -0.2) is 0 Å². The Morgan fingerprint density at radius 1 is 1.41 bits per heavy atom. The summed E-state index contributed by atoms with van der Waals surface area (Å²) in [4.78, 5) is 11.9. The van der Waals surface area contributed by atoms with Gasteiger partial charge in [0.1, 0.15) is 6.10 Å². The van der Waals surface area contributed by atoms with E-state index in [-0.39, 0.29) is 17.4 Å². The quantitative estimate of drug-likeness (QED) is 0.821. The SMILES string of the molecule is CO[C@@H](C)C(=O)N[C@H]1C[C@H]2CC[C@@]1(C)C2(C)C. The molecular formula is C14H25NO2. The molecule has 0 aliphatic heterocycles. The fourth-order valence-electron chi connectivity index (χ4n) is 3.82. The van der Waals surface area contributed by atoms with Crippen LogP contribution in [-0.4, -0.2) is 25.2 Å². The molecule has 0 radical (unpaired) electrons. The lowest BCUT2D eigenvalue weighted by molar-refractivity contribution is -0.131. The molecule has 0 aromatic carbocycles. The zero-order valence-corrected chi connectivity index (χ0v) is 11.7. The van der Waals surface area contributed by atoms with E-state index < -0.39 is 0 Å². The number of amides is 1. The van der Waals surface area contributed by atoms with Crippen molar-refractivity contribution in [3.05, 3.63) is 0 Å². The maximum absolute atomic E-state index is 11.9. The van der Waals surface area contributed by atoms with Crippen LogP contribution >= 0.6 is 0 Å². The second kappa shape index (κ2) is 3.98. The number of rotatable bonds is 3. The van der Waals surface area contributed by atoms with Gasteiger partial charge >= 0.3 is 0 Å². The van der Waals surface area contributed by atoms with Gasteiger partial charge in [0.05, 0.1) is 0 Å². The zero-order valence-electron chi connectivity index (χ0n) is 11.7. The molecular weight excluding hydrogens is 214 g/mol. The second-order valence-corrected chi connectivity index (χ2v) is 6.55. The molecule has 2 saturated carbocycles. The number of carbonyl (C=O) groups is 1. The molecule has 3 heteroatoms. The minimum absolute atomic E-state index is 0.0297. The predicted molar refractivity (Wildman–Crippen MR) is 67.6 cm³/mol. The van der Waals surface area contributed by atoms with Gasteiger partial charge < -0.3 is 10.1 Å². The Bertz CT molecular complexity index is 326. The van der Waals surface area contributed by atoms with E-state index in [1.807, 2.05) is 0 Å². The summed E-state index contributed by atoms with van der Waals surface area (Å²) in [6.45, 7) is 8.85. The monoisotopic (exact) mass is 239 g/mol. The van der Waals surface area contributed by atoms with Crippen molar-refractivity contribution in [2.45, 2.75) is 59.1 Å². The molecule has 0 aromatic rings. The van der Waals surface area contributed by atoms with Crippen molar-refractivity contribution in [1.82, 2.24) is 5.32 Å². The third-order valence-electron chi connectivity index (χ3n) is 5.83. The number of fused-ring (bicyclic) bond motifs is 2. The predicted octanol–water partition coefficient (Wildman–Crippen LogP) is 2.35. The van der Waals surface area contributed by atoms with Gasteiger partial charge in [-0.2, -0.15) is 0 Å². The highest BCUT2D eigenvalue weighted by Crippen LogP contribution is 2.65. The van der Waals surface area contributed by atoms with Crippen LogP contribution in [0.4, 0.5) is 0 Å². The van der Waals surface area contributed by atoms with Crippen LogP contribution in [0.15, 0.2) is 0 Å². The van der Waals surface area contributed by atoms with Crippen molar-refractivity contribution in [2.24, 2.45) is 16.7 Å². The highest BCUT2D eigenvalue weighted by atomic mass is 16.5. The Balaban J connectivity index is 2.08. The van der Waals surface area contributed by atoms with Crippen molar-refractivity contribution in [1.29, 1.82) is 0 Å². The van der Waals surface area contributed by atoms with Crippen LogP contribution in [0.25, 0.3) is 0 Å². The standard InChI is InChI=1S/C14H25NO2/c1-9(17-5)12(16)15-11-8-10-6-7-14(11,4)13(10,2)3/h9-11H,6-8H2,1-5H3,(H,15,16)/t9-,10+,11-,14+/m0/s1. The molecule has 2 rings (SSSR count). The van der Waals surface area contributed by atoms with E-state index in [0.29, 0.717) is 11.5 Å².